The van der Waals surface area contributed by atoms with Crippen LogP contribution in [0.4, 0.5) is 0 Å². The van der Waals surface area contributed by atoms with Crippen LogP contribution in [0.5, 0.6) is 0 Å². The van der Waals surface area contributed by atoms with Crippen LogP contribution in [0.25, 0.3) is 0 Å². The molecule has 0 radical (unpaired) electrons. The van der Waals surface area contributed by atoms with Gasteiger partial charge in [-0.3, -0.25) is 4.79 Å². The molecule has 1 fully saturated rings. The molecule has 0 aromatic heterocycles. The van der Waals surface area contributed by atoms with Crippen molar-refractivity contribution in [2.45, 2.75) is 52.9 Å². The molecule has 1 aliphatic rings. The number of ether oxygens (including phenoxy) is 1. The summed E-state index contributed by atoms with van der Waals surface area (Å²) < 4.78 is 5.24. The molecule has 0 saturated heterocycles. The second kappa shape index (κ2) is 6.93. The predicted molar refractivity (Wildman–Crippen MR) is 72.2 cm³/mol. The van der Waals surface area contributed by atoms with Crippen molar-refractivity contribution >= 4 is 5.97 Å². The summed E-state index contributed by atoms with van der Waals surface area (Å²) in [5.41, 5.74) is 1.23. The summed E-state index contributed by atoms with van der Waals surface area (Å²) in [6.45, 7) is 6.78. The van der Waals surface area contributed by atoms with Gasteiger partial charge < -0.3 is 9.84 Å². The molecule has 104 valence electrons. The number of aliphatic hydroxyl groups is 1. The normalized spacial score (nSPS) is 18.0. The molecular formula is C15H26O3. The zero-order valence-electron chi connectivity index (χ0n) is 11.9. The van der Waals surface area contributed by atoms with E-state index in [1.807, 2.05) is 0 Å². The van der Waals surface area contributed by atoms with Crippen molar-refractivity contribution in [3.05, 3.63) is 11.6 Å². The molecule has 0 aromatic carbocycles. The Morgan fingerprint density at radius 3 is 2.61 bits per heavy atom. The van der Waals surface area contributed by atoms with Crippen molar-refractivity contribution in [1.82, 2.24) is 0 Å². The highest BCUT2D eigenvalue weighted by Gasteiger charge is 2.43. The Morgan fingerprint density at radius 2 is 2.11 bits per heavy atom. The van der Waals surface area contributed by atoms with Crippen LogP contribution in [0.15, 0.2) is 11.6 Å². The summed E-state index contributed by atoms with van der Waals surface area (Å²) in [6, 6.07) is 0. The maximum Gasteiger partial charge on any atom is 0.306 e. The third kappa shape index (κ3) is 5.67. The first-order chi connectivity index (χ1) is 8.47. The van der Waals surface area contributed by atoms with Crippen molar-refractivity contribution in [3.8, 4) is 0 Å². The second-order valence-electron chi connectivity index (χ2n) is 5.99. The van der Waals surface area contributed by atoms with E-state index < -0.39 is 0 Å². The number of allylic oxidation sites excluding steroid dienone is 2. The minimum Gasteiger partial charge on any atom is -0.465 e. The molecule has 0 bridgehead atoms. The summed E-state index contributed by atoms with van der Waals surface area (Å²) in [7, 11) is 0. The Balaban J connectivity index is 2.13. The Labute approximate surface area is 110 Å². The summed E-state index contributed by atoms with van der Waals surface area (Å²) in [4.78, 5) is 11.6. The van der Waals surface area contributed by atoms with E-state index in [1.54, 1.807) is 0 Å². The van der Waals surface area contributed by atoms with Crippen LogP contribution in [-0.2, 0) is 9.53 Å². The standard InChI is InChI=1S/C15H26O3/c1-12(2)5-4-6-13(3)9-14(17)18-11-15(10-16)7-8-15/h5,13,16H,4,6-11H2,1-3H3. The highest BCUT2D eigenvalue weighted by Crippen LogP contribution is 2.45. The minimum atomic E-state index is -0.126. The molecule has 0 heterocycles. The van der Waals surface area contributed by atoms with Crippen LogP contribution >= 0.6 is 0 Å². The van der Waals surface area contributed by atoms with Crippen molar-refractivity contribution in [3.63, 3.8) is 0 Å². The Morgan fingerprint density at radius 1 is 1.44 bits per heavy atom. The van der Waals surface area contributed by atoms with Gasteiger partial charge in [0.2, 0.25) is 0 Å². The molecular weight excluding hydrogens is 228 g/mol. The summed E-state index contributed by atoms with van der Waals surface area (Å²) in [5.74, 6) is 0.233. The third-order valence-corrected chi connectivity index (χ3v) is 3.56. The molecule has 1 aliphatic carbocycles. The smallest absolute Gasteiger partial charge is 0.306 e. The molecule has 3 nitrogen and oxygen atoms in total. The van der Waals surface area contributed by atoms with Gasteiger partial charge in [-0.2, -0.15) is 0 Å². The lowest BCUT2D eigenvalue weighted by molar-refractivity contribution is -0.147. The zero-order valence-corrected chi connectivity index (χ0v) is 11.9. The fourth-order valence-electron chi connectivity index (χ4n) is 1.86. The van der Waals surface area contributed by atoms with Gasteiger partial charge in [0, 0.05) is 11.8 Å². The number of hydrogen-bond acceptors (Lipinski definition) is 3. The quantitative estimate of drug-likeness (QED) is 0.535. The van der Waals surface area contributed by atoms with Gasteiger partial charge in [0.05, 0.1) is 13.2 Å². The van der Waals surface area contributed by atoms with Crippen LogP contribution in [0.2, 0.25) is 0 Å². The molecule has 1 N–H and O–H groups in total. The van der Waals surface area contributed by atoms with E-state index in [2.05, 4.69) is 26.8 Å². The summed E-state index contributed by atoms with van der Waals surface area (Å²) in [6.07, 6.45) is 6.69. The Bertz CT molecular complexity index is 299. The van der Waals surface area contributed by atoms with Gasteiger partial charge in [0.25, 0.3) is 0 Å². The summed E-state index contributed by atoms with van der Waals surface area (Å²) in [5, 5.41) is 9.12. The lowest BCUT2D eigenvalue weighted by Crippen LogP contribution is -2.19. The van der Waals surface area contributed by atoms with Crippen molar-refractivity contribution < 1.29 is 14.6 Å². The predicted octanol–water partition coefficient (Wildman–Crippen LogP) is 3.07. The fraction of sp³-hybridized carbons (Fsp3) is 0.800. The van der Waals surface area contributed by atoms with Crippen LogP contribution in [0.1, 0.15) is 52.9 Å². The highest BCUT2D eigenvalue weighted by atomic mass is 16.5. The summed E-state index contributed by atoms with van der Waals surface area (Å²) >= 11 is 0. The SMILES string of the molecule is CC(C)=CCCC(C)CC(=O)OCC1(CO)CC1. The number of carbonyl (C=O) groups is 1. The van der Waals surface area contributed by atoms with Crippen LogP contribution < -0.4 is 0 Å². The first-order valence-corrected chi connectivity index (χ1v) is 6.87. The van der Waals surface area contributed by atoms with Gasteiger partial charge in [-0.05, 0) is 45.4 Å². The van der Waals surface area contributed by atoms with Gasteiger partial charge in [-0.15, -0.1) is 0 Å². The van der Waals surface area contributed by atoms with Gasteiger partial charge in [-0.25, -0.2) is 0 Å². The lowest BCUT2D eigenvalue weighted by atomic mass is 10.0. The van der Waals surface area contributed by atoms with E-state index in [9.17, 15) is 4.79 Å². The van der Waals surface area contributed by atoms with Gasteiger partial charge >= 0.3 is 5.97 Å². The van der Waals surface area contributed by atoms with Crippen molar-refractivity contribution in [1.29, 1.82) is 0 Å². The highest BCUT2D eigenvalue weighted by molar-refractivity contribution is 5.69. The molecule has 1 atom stereocenters. The fourth-order valence-corrected chi connectivity index (χ4v) is 1.86. The topological polar surface area (TPSA) is 46.5 Å². The molecule has 1 rings (SSSR count). The van der Waals surface area contributed by atoms with Gasteiger partial charge in [0.1, 0.15) is 0 Å². The van der Waals surface area contributed by atoms with Crippen LogP contribution in [0.3, 0.4) is 0 Å². The van der Waals surface area contributed by atoms with E-state index in [0.29, 0.717) is 18.9 Å². The first kappa shape index (κ1) is 15.2. The monoisotopic (exact) mass is 254 g/mol. The second-order valence-corrected chi connectivity index (χ2v) is 5.99. The lowest BCUT2D eigenvalue weighted by Gasteiger charge is -2.14. The molecule has 1 saturated carbocycles. The molecule has 0 amide bonds. The third-order valence-electron chi connectivity index (χ3n) is 3.56. The number of carbonyl (C=O) groups excluding carboxylic acids is 1. The van der Waals surface area contributed by atoms with E-state index in [0.717, 1.165) is 25.7 Å². The molecule has 0 spiro atoms. The van der Waals surface area contributed by atoms with E-state index in [-0.39, 0.29) is 18.0 Å². The first-order valence-electron chi connectivity index (χ1n) is 6.87. The number of rotatable bonds is 8. The van der Waals surface area contributed by atoms with Crippen LogP contribution in [-0.4, -0.2) is 24.3 Å². The molecule has 1 unspecified atom stereocenters. The van der Waals surface area contributed by atoms with Gasteiger partial charge in [-0.1, -0.05) is 18.6 Å². The average molecular weight is 254 g/mol. The zero-order chi connectivity index (χ0) is 13.6. The van der Waals surface area contributed by atoms with Crippen molar-refractivity contribution in [2.75, 3.05) is 13.2 Å². The van der Waals surface area contributed by atoms with E-state index in [1.165, 1.54) is 5.57 Å². The minimum absolute atomic E-state index is 0.0963. The Hall–Kier alpha value is -0.830. The number of aliphatic hydroxyl groups excluding tert-OH is 1. The Kier molecular flexibility index (Phi) is 5.86. The van der Waals surface area contributed by atoms with Crippen molar-refractivity contribution in [2.24, 2.45) is 11.3 Å². The molecule has 18 heavy (non-hydrogen) atoms. The molecule has 0 aromatic rings. The van der Waals surface area contributed by atoms with E-state index in [4.69, 9.17) is 9.84 Å². The van der Waals surface area contributed by atoms with E-state index >= 15 is 0 Å². The maximum atomic E-state index is 11.6. The van der Waals surface area contributed by atoms with Gasteiger partial charge in [0.15, 0.2) is 0 Å². The molecule has 0 aliphatic heterocycles. The maximum absolute atomic E-state index is 11.6. The molecule has 3 heteroatoms. The number of hydrogen-bond donors (Lipinski definition) is 1. The average Bonchev–Trinajstić information content (AvgIpc) is 3.06. The number of esters is 1. The largest absolute Gasteiger partial charge is 0.465 e. The van der Waals surface area contributed by atoms with Crippen LogP contribution in [0, 0.1) is 11.3 Å².